The molecule has 1 aromatic rings. The smallest absolute Gasteiger partial charge is 0.0409 e. The van der Waals surface area contributed by atoms with Crippen molar-refractivity contribution in [1.29, 1.82) is 0 Å². The van der Waals surface area contributed by atoms with E-state index in [-0.39, 0.29) is 6.04 Å². The summed E-state index contributed by atoms with van der Waals surface area (Å²) < 4.78 is 0. The lowest BCUT2D eigenvalue weighted by Gasteiger charge is -2.20. The highest BCUT2D eigenvalue weighted by Crippen LogP contribution is 2.27. The number of rotatable bonds is 5. The molecule has 1 rings (SSSR count). The molecule has 2 N–H and O–H groups in total. The zero-order chi connectivity index (χ0) is 12.1. The molecule has 16 heavy (non-hydrogen) atoms. The summed E-state index contributed by atoms with van der Waals surface area (Å²) in [6.07, 6.45) is 3.45. The van der Waals surface area contributed by atoms with E-state index in [0.29, 0.717) is 5.92 Å². The van der Waals surface area contributed by atoms with Crippen molar-refractivity contribution in [3.63, 3.8) is 0 Å². The maximum Gasteiger partial charge on any atom is 0.0409 e. The molecule has 0 aliphatic rings. The van der Waals surface area contributed by atoms with Gasteiger partial charge < -0.3 is 5.73 Å². The van der Waals surface area contributed by atoms with E-state index in [4.69, 9.17) is 17.3 Å². The van der Waals surface area contributed by atoms with Crippen molar-refractivity contribution in [1.82, 2.24) is 0 Å². The van der Waals surface area contributed by atoms with Crippen molar-refractivity contribution in [2.24, 2.45) is 11.7 Å². The first-order valence-electron chi connectivity index (χ1n) is 6.10. The topological polar surface area (TPSA) is 26.0 Å². The van der Waals surface area contributed by atoms with Gasteiger partial charge in [-0.15, -0.1) is 0 Å². The normalized spacial score (nSPS) is 13.1. The molecular weight excluding hydrogens is 218 g/mol. The molecule has 0 amide bonds. The summed E-state index contributed by atoms with van der Waals surface area (Å²) in [6.45, 7) is 6.55. The molecule has 2 heteroatoms. The van der Waals surface area contributed by atoms with E-state index in [0.717, 1.165) is 11.4 Å². The van der Waals surface area contributed by atoms with E-state index in [2.05, 4.69) is 20.8 Å². The molecule has 0 aliphatic heterocycles. The molecule has 1 atom stereocenters. The Balaban J connectivity index is 2.79. The van der Waals surface area contributed by atoms with Crippen molar-refractivity contribution < 1.29 is 0 Å². The van der Waals surface area contributed by atoms with Crippen molar-refractivity contribution in [3.8, 4) is 0 Å². The van der Waals surface area contributed by atoms with Crippen LogP contribution in [0.15, 0.2) is 18.2 Å². The molecule has 0 spiro atoms. The number of aryl methyl sites for hydroxylation is 1. The number of hydrogen-bond donors (Lipinski definition) is 1. The Kier molecular flexibility index (Phi) is 5.30. The van der Waals surface area contributed by atoms with E-state index in [1.165, 1.54) is 24.0 Å². The Bertz CT molecular complexity index is 332. The molecule has 1 nitrogen and oxygen atoms in total. The quantitative estimate of drug-likeness (QED) is 0.806. The highest BCUT2D eigenvalue weighted by atomic mass is 35.5. The number of hydrogen-bond acceptors (Lipinski definition) is 1. The second-order valence-electron chi connectivity index (χ2n) is 4.53. The second kappa shape index (κ2) is 6.27. The van der Waals surface area contributed by atoms with Gasteiger partial charge in [-0.1, -0.05) is 44.4 Å². The summed E-state index contributed by atoms with van der Waals surface area (Å²) in [6, 6.07) is 6.09. The van der Waals surface area contributed by atoms with Gasteiger partial charge in [0.1, 0.15) is 0 Å². The highest BCUT2D eigenvalue weighted by molar-refractivity contribution is 6.30. The Morgan fingerprint density at radius 2 is 1.88 bits per heavy atom. The average Bonchev–Trinajstić information content (AvgIpc) is 2.28. The molecule has 90 valence electrons. The van der Waals surface area contributed by atoms with Gasteiger partial charge in [-0.25, -0.2) is 0 Å². The number of benzene rings is 1. The summed E-state index contributed by atoms with van der Waals surface area (Å²) in [5.41, 5.74) is 8.69. The Morgan fingerprint density at radius 3 is 2.44 bits per heavy atom. The zero-order valence-electron chi connectivity index (χ0n) is 10.5. The largest absolute Gasteiger partial charge is 0.324 e. The third-order valence-corrected chi connectivity index (χ3v) is 3.62. The maximum atomic E-state index is 6.26. The first-order valence-corrected chi connectivity index (χ1v) is 6.47. The van der Waals surface area contributed by atoms with Gasteiger partial charge in [0, 0.05) is 11.1 Å². The van der Waals surface area contributed by atoms with Crippen LogP contribution in [0.5, 0.6) is 0 Å². The predicted octanol–water partition coefficient (Wildman–Crippen LogP) is 4.47. The minimum absolute atomic E-state index is 0.114. The van der Waals surface area contributed by atoms with Gasteiger partial charge in [0.25, 0.3) is 0 Å². The highest BCUT2D eigenvalue weighted by Gasteiger charge is 2.14. The van der Waals surface area contributed by atoms with Gasteiger partial charge in [0.15, 0.2) is 0 Å². The molecule has 0 saturated heterocycles. The van der Waals surface area contributed by atoms with Gasteiger partial charge in [-0.3, -0.25) is 0 Å². The first kappa shape index (κ1) is 13.5. The molecule has 0 aliphatic carbocycles. The van der Waals surface area contributed by atoms with Crippen LogP contribution in [0.4, 0.5) is 0 Å². The summed E-state index contributed by atoms with van der Waals surface area (Å²) in [5.74, 6) is 0.716. The maximum absolute atomic E-state index is 6.26. The Labute approximate surface area is 104 Å². The SMILES string of the molecule is CCC(CC)CC(N)c1cc(Cl)ccc1C. The fourth-order valence-electron chi connectivity index (χ4n) is 2.12. The van der Waals surface area contributed by atoms with Crippen molar-refractivity contribution in [3.05, 3.63) is 34.3 Å². The molecule has 0 aromatic heterocycles. The molecule has 0 bridgehead atoms. The standard InChI is InChI=1S/C14H22ClN/c1-4-11(5-2)8-14(16)13-9-12(15)7-6-10(13)3/h6-7,9,11,14H,4-5,8,16H2,1-3H3. The summed E-state index contributed by atoms with van der Waals surface area (Å²) in [7, 11) is 0. The zero-order valence-corrected chi connectivity index (χ0v) is 11.2. The van der Waals surface area contributed by atoms with Gasteiger partial charge in [-0.05, 0) is 42.5 Å². The van der Waals surface area contributed by atoms with E-state index < -0.39 is 0 Å². The second-order valence-corrected chi connectivity index (χ2v) is 4.96. The first-order chi connectivity index (χ1) is 7.58. The van der Waals surface area contributed by atoms with E-state index >= 15 is 0 Å². The van der Waals surface area contributed by atoms with Crippen LogP contribution in [0.1, 0.15) is 50.3 Å². The van der Waals surface area contributed by atoms with Gasteiger partial charge in [0.2, 0.25) is 0 Å². The molecule has 1 aromatic carbocycles. The lowest BCUT2D eigenvalue weighted by Crippen LogP contribution is -2.16. The summed E-state index contributed by atoms with van der Waals surface area (Å²) in [5, 5.41) is 0.778. The molecule has 0 radical (unpaired) electrons. The van der Waals surface area contributed by atoms with Crippen LogP contribution < -0.4 is 5.73 Å². The minimum atomic E-state index is 0.114. The van der Waals surface area contributed by atoms with Crippen molar-refractivity contribution >= 4 is 11.6 Å². The third kappa shape index (κ3) is 3.50. The number of nitrogens with two attached hydrogens (primary N) is 1. The number of halogens is 1. The fourth-order valence-corrected chi connectivity index (χ4v) is 2.30. The minimum Gasteiger partial charge on any atom is -0.324 e. The molecule has 0 saturated carbocycles. The lowest BCUT2D eigenvalue weighted by atomic mass is 9.90. The van der Waals surface area contributed by atoms with Crippen LogP contribution in [-0.4, -0.2) is 0 Å². The predicted molar refractivity (Wildman–Crippen MR) is 71.8 cm³/mol. The lowest BCUT2D eigenvalue weighted by molar-refractivity contribution is 0.414. The molecule has 1 unspecified atom stereocenters. The van der Waals surface area contributed by atoms with Gasteiger partial charge in [0.05, 0.1) is 0 Å². The van der Waals surface area contributed by atoms with Crippen LogP contribution in [-0.2, 0) is 0 Å². The van der Waals surface area contributed by atoms with Crippen LogP contribution in [0.2, 0.25) is 5.02 Å². The summed E-state index contributed by atoms with van der Waals surface area (Å²) >= 11 is 6.01. The molecular formula is C14H22ClN. The van der Waals surface area contributed by atoms with E-state index in [1.54, 1.807) is 0 Å². The monoisotopic (exact) mass is 239 g/mol. The van der Waals surface area contributed by atoms with Gasteiger partial charge >= 0.3 is 0 Å². The molecule has 0 heterocycles. The molecule has 0 fully saturated rings. The van der Waals surface area contributed by atoms with Crippen LogP contribution >= 0.6 is 11.6 Å². The van der Waals surface area contributed by atoms with Crippen LogP contribution in [0.25, 0.3) is 0 Å². The Morgan fingerprint density at radius 1 is 1.25 bits per heavy atom. The van der Waals surface area contributed by atoms with Gasteiger partial charge in [-0.2, -0.15) is 0 Å². The van der Waals surface area contributed by atoms with E-state index in [1.807, 2.05) is 18.2 Å². The van der Waals surface area contributed by atoms with Crippen LogP contribution in [0.3, 0.4) is 0 Å². The average molecular weight is 240 g/mol. The third-order valence-electron chi connectivity index (χ3n) is 3.38. The van der Waals surface area contributed by atoms with Crippen molar-refractivity contribution in [2.45, 2.75) is 46.1 Å². The Hall–Kier alpha value is -0.530. The van der Waals surface area contributed by atoms with Crippen molar-refractivity contribution in [2.75, 3.05) is 0 Å². The van der Waals surface area contributed by atoms with E-state index in [9.17, 15) is 0 Å². The van der Waals surface area contributed by atoms with Crippen LogP contribution in [0, 0.1) is 12.8 Å². The fraction of sp³-hybridized carbons (Fsp3) is 0.571. The summed E-state index contributed by atoms with van der Waals surface area (Å²) in [4.78, 5) is 0.